The van der Waals surface area contributed by atoms with Gasteiger partial charge in [-0.05, 0) is 55.8 Å². The van der Waals surface area contributed by atoms with E-state index in [0.29, 0.717) is 10.8 Å². The van der Waals surface area contributed by atoms with Crippen LogP contribution in [0.3, 0.4) is 0 Å². The molecule has 3 aromatic rings. The van der Waals surface area contributed by atoms with Crippen LogP contribution in [0.1, 0.15) is 26.7 Å². The molecule has 30 heavy (non-hydrogen) atoms. The van der Waals surface area contributed by atoms with E-state index in [2.05, 4.69) is 22.4 Å². The number of unbranched alkanes of at least 4 members (excludes halogenated alkanes) is 1. The number of ether oxygens (including phenoxy) is 1. The van der Waals surface area contributed by atoms with Gasteiger partial charge in [-0.25, -0.2) is 4.39 Å². The van der Waals surface area contributed by atoms with E-state index in [0.717, 1.165) is 36.5 Å². The van der Waals surface area contributed by atoms with Crippen molar-refractivity contribution in [2.45, 2.75) is 43.6 Å². The molecule has 0 saturated carbocycles. The average Bonchev–Trinajstić information content (AvgIpc) is 3.14. The van der Waals surface area contributed by atoms with E-state index in [1.54, 1.807) is 26.2 Å². The Labute approximate surface area is 179 Å². The molecule has 0 aliphatic rings. The first-order valence-electron chi connectivity index (χ1n) is 9.82. The highest BCUT2D eigenvalue weighted by Crippen LogP contribution is 2.29. The summed E-state index contributed by atoms with van der Waals surface area (Å²) in [6, 6.07) is 13.5. The lowest BCUT2D eigenvalue weighted by Gasteiger charge is -2.14. The number of hydrogen-bond donors (Lipinski definition) is 1. The number of aromatic nitrogens is 3. The monoisotopic (exact) mass is 428 g/mol. The van der Waals surface area contributed by atoms with Gasteiger partial charge in [0.15, 0.2) is 11.0 Å². The summed E-state index contributed by atoms with van der Waals surface area (Å²) in [5.41, 5.74) is 1.36. The first-order valence-corrected chi connectivity index (χ1v) is 10.7. The van der Waals surface area contributed by atoms with Crippen molar-refractivity contribution in [1.82, 2.24) is 14.8 Å². The van der Waals surface area contributed by atoms with Gasteiger partial charge < -0.3 is 14.6 Å². The van der Waals surface area contributed by atoms with Crippen molar-refractivity contribution in [3.63, 3.8) is 0 Å². The van der Waals surface area contributed by atoms with E-state index in [4.69, 9.17) is 4.74 Å². The van der Waals surface area contributed by atoms with Gasteiger partial charge >= 0.3 is 0 Å². The van der Waals surface area contributed by atoms with Gasteiger partial charge in [0.1, 0.15) is 11.6 Å². The third-order valence-electron chi connectivity index (χ3n) is 4.54. The third kappa shape index (κ3) is 5.38. The molecule has 1 atom stereocenters. The predicted octanol–water partition coefficient (Wildman–Crippen LogP) is 5.01. The van der Waals surface area contributed by atoms with Crippen LogP contribution in [0.5, 0.6) is 5.75 Å². The van der Waals surface area contributed by atoms with E-state index < -0.39 is 11.1 Å². The summed E-state index contributed by atoms with van der Waals surface area (Å²) in [7, 11) is 1.63. The molecule has 3 rings (SSSR count). The largest absolute Gasteiger partial charge is 0.497 e. The van der Waals surface area contributed by atoms with Crippen LogP contribution in [0.15, 0.2) is 53.7 Å². The molecule has 1 amide bonds. The fraction of sp³-hybridized carbons (Fsp3) is 0.318. The Morgan fingerprint density at radius 3 is 2.67 bits per heavy atom. The Morgan fingerprint density at radius 1 is 1.23 bits per heavy atom. The lowest BCUT2D eigenvalue weighted by molar-refractivity contribution is -0.115. The van der Waals surface area contributed by atoms with Gasteiger partial charge in [0.2, 0.25) is 5.91 Å². The van der Waals surface area contributed by atoms with Gasteiger partial charge in [-0.15, -0.1) is 10.2 Å². The molecule has 0 aliphatic heterocycles. The van der Waals surface area contributed by atoms with Gasteiger partial charge in [0, 0.05) is 17.8 Å². The SMILES string of the molecule is CCCCn1c(SC(C)C(=O)Nc2cccc(F)c2)nnc1-c1ccc(OC)cc1. The van der Waals surface area contributed by atoms with Gasteiger partial charge in [0.25, 0.3) is 0 Å². The third-order valence-corrected chi connectivity index (χ3v) is 5.62. The van der Waals surface area contributed by atoms with Gasteiger partial charge in [-0.1, -0.05) is 31.2 Å². The molecule has 0 fully saturated rings. The van der Waals surface area contributed by atoms with Crippen molar-refractivity contribution in [2.24, 2.45) is 0 Å². The summed E-state index contributed by atoms with van der Waals surface area (Å²) in [5.74, 6) is 0.917. The molecule has 1 N–H and O–H groups in total. The second-order valence-corrected chi connectivity index (χ2v) is 8.11. The molecule has 158 valence electrons. The molecule has 6 nitrogen and oxygen atoms in total. The van der Waals surface area contributed by atoms with E-state index in [1.807, 2.05) is 28.8 Å². The molecule has 0 aliphatic carbocycles. The fourth-order valence-electron chi connectivity index (χ4n) is 2.87. The minimum atomic E-state index is -0.429. The number of methoxy groups -OCH3 is 1. The van der Waals surface area contributed by atoms with Gasteiger partial charge in [-0.2, -0.15) is 0 Å². The molecule has 2 aromatic carbocycles. The van der Waals surface area contributed by atoms with Crippen molar-refractivity contribution in [2.75, 3.05) is 12.4 Å². The Hall–Kier alpha value is -2.87. The normalized spacial score (nSPS) is 11.9. The Balaban J connectivity index is 1.78. The minimum absolute atomic E-state index is 0.221. The zero-order valence-corrected chi connectivity index (χ0v) is 18.1. The second-order valence-electron chi connectivity index (χ2n) is 6.80. The maximum atomic E-state index is 13.4. The number of halogens is 1. The van der Waals surface area contributed by atoms with Crippen LogP contribution >= 0.6 is 11.8 Å². The van der Waals surface area contributed by atoms with Crippen molar-refractivity contribution in [3.8, 4) is 17.1 Å². The molecule has 1 aromatic heterocycles. The smallest absolute Gasteiger partial charge is 0.237 e. The Kier molecular flexibility index (Phi) is 7.46. The highest BCUT2D eigenvalue weighted by atomic mass is 32.2. The standard InChI is InChI=1S/C22H25FN4O2S/c1-4-5-13-27-20(16-9-11-19(29-3)12-10-16)25-26-22(27)30-15(2)21(28)24-18-8-6-7-17(23)14-18/h6-12,14-15H,4-5,13H2,1-3H3,(H,24,28). The van der Waals surface area contributed by atoms with E-state index in [-0.39, 0.29) is 5.91 Å². The molecule has 0 saturated heterocycles. The van der Waals surface area contributed by atoms with E-state index in [9.17, 15) is 9.18 Å². The summed E-state index contributed by atoms with van der Waals surface area (Å²) in [4.78, 5) is 12.6. The summed E-state index contributed by atoms with van der Waals surface area (Å²) < 4.78 is 20.6. The van der Waals surface area contributed by atoms with Gasteiger partial charge in [0.05, 0.1) is 12.4 Å². The molecule has 1 unspecified atom stereocenters. The first kappa shape index (κ1) is 21.8. The van der Waals surface area contributed by atoms with Crippen molar-refractivity contribution < 1.29 is 13.9 Å². The zero-order valence-electron chi connectivity index (χ0n) is 17.3. The van der Waals surface area contributed by atoms with Crippen molar-refractivity contribution >= 4 is 23.4 Å². The van der Waals surface area contributed by atoms with Crippen molar-refractivity contribution in [1.29, 1.82) is 0 Å². The Morgan fingerprint density at radius 2 is 2.00 bits per heavy atom. The van der Waals surface area contributed by atoms with Gasteiger partial charge in [-0.3, -0.25) is 4.79 Å². The molecular formula is C22H25FN4O2S. The topological polar surface area (TPSA) is 69.0 Å². The van der Waals surface area contributed by atoms with Crippen LogP contribution in [-0.2, 0) is 11.3 Å². The number of nitrogens with one attached hydrogen (secondary N) is 1. The minimum Gasteiger partial charge on any atom is -0.497 e. The van der Waals surface area contributed by atoms with Crippen LogP contribution in [0.25, 0.3) is 11.4 Å². The number of carbonyl (C=O) groups is 1. The number of rotatable bonds is 9. The van der Waals surface area contributed by atoms with Crippen molar-refractivity contribution in [3.05, 3.63) is 54.3 Å². The molecule has 8 heteroatoms. The molecule has 1 heterocycles. The molecule has 0 radical (unpaired) electrons. The van der Waals surface area contributed by atoms with E-state index in [1.165, 1.54) is 23.9 Å². The van der Waals surface area contributed by atoms with Crippen LogP contribution < -0.4 is 10.1 Å². The van der Waals surface area contributed by atoms with Crippen LogP contribution in [-0.4, -0.2) is 33.0 Å². The molecule has 0 bridgehead atoms. The van der Waals surface area contributed by atoms with Crippen LogP contribution in [0, 0.1) is 5.82 Å². The zero-order chi connectivity index (χ0) is 21.5. The summed E-state index contributed by atoms with van der Waals surface area (Å²) in [6.45, 7) is 4.68. The number of amides is 1. The number of carbonyl (C=O) groups excluding carboxylic acids is 1. The van der Waals surface area contributed by atoms with E-state index >= 15 is 0 Å². The summed E-state index contributed by atoms with van der Waals surface area (Å²) >= 11 is 1.33. The number of nitrogens with zero attached hydrogens (tertiary/aromatic N) is 3. The molecule has 0 spiro atoms. The number of benzene rings is 2. The lowest BCUT2D eigenvalue weighted by atomic mass is 10.2. The second kappa shape index (κ2) is 10.2. The highest BCUT2D eigenvalue weighted by Gasteiger charge is 2.21. The average molecular weight is 429 g/mol. The lowest BCUT2D eigenvalue weighted by Crippen LogP contribution is -2.23. The number of thioether (sulfide) groups is 1. The number of hydrogen-bond acceptors (Lipinski definition) is 5. The quantitative estimate of drug-likeness (QED) is 0.485. The maximum Gasteiger partial charge on any atom is 0.237 e. The van der Waals surface area contributed by atoms with Crippen LogP contribution in [0.2, 0.25) is 0 Å². The highest BCUT2D eigenvalue weighted by molar-refractivity contribution is 8.00. The Bertz CT molecular complexity index is 991. The first-order chi connectivity index (χ1) is 14.5. The molecular weight excluding hydrogens is 403 g/mol. The van der Waals surface area contributed by atoms with Crippen LogP contribution in [0.4, 0.5) is 10.1 Å². The fourth-order valence-corrected chi connectivity index (χ4v) is 3.74. The number of anilines is 1. The summed E-state index contributed by atoms with van der Waals surface area (Å²) in [6.07, 6.45) is 2.00. The maximum absolute atomic E-state index is 13.4. The summed E-state index contributed by atoms with van der Waals surface area (Å²) in [5, 5.41) is 11.7. The predicted molar refractivity (Wildman–Crippen MR) is 117 cm³/mol.